The summed E-state index contributed by atoms with van der Waals surface area (Å²) in [6, 6.07) is 16.6. The molecule has 31 heavy (non-hydrogen) atoms. The highest BCUT2D eigenvalue weighted by Gasteiger charge is 2.16. The fraction of sp³-hybridized carbons (Fsp3) is 0.208. The molecule has 6 nitrogen and oxygen atoms in total. The lowest BCUT2D eigenvalue weighted by atomic mass is 9.98. The topological polar surface area (TPSA) is 83.1 Å². The standard InChI is InChI=1S/C24H25ClN4O2/c1-15(2)21-12-23(29-20-6-4-5-18(25)11-20)26-14-22(21)24(31)27-13-17-7-9-19(10-8-17)28-16(3)30/h4-12,14-15H,13H2,1-3H3,(H,26,29)(H,27,31)(H,28,30). The third-order valence-electron chi connectivity index (χ3n) is 4.63. The van der Waals surface area contributed by atoms with Crippen molar-refractivity contribution in [1.82, 2.24) is 10.3 Å². The Morgan fingerprint density at radius 1 is 1.03 bits per heavy atom. The Hall–Kier alpha value is -3.38. The van der Waals surface area contributed by atoms with E-state index in [1.165, 1.54) is 6.92 Å². The lowest BCUT2D eigenvalue weighted by Crippen LogP contribution is -2.24. The molecule has 0 fully saturated rings. The van der Waals surface area contributed by atoms with E-state index in [9.17, 15) is 9.59 Å². The Kier molecular flexibility index (Phi) is 7.26. The number of nitrogens with one attached hydrogen (secondary N) is 3. The van der Waals surface area contributed by atoms with E-state index in [-0.39, 0.29) is 17.7 Å². The third kappa shape index (κ3) is 6.30. The molecule has 0 saturated carbocycles. The molecule has 3 aromatic rings. The molecule has 0 aliphatic rings. The maximum Gasteiger partial charge on any atom is 0.253 e. The van der Waals surface area contributed by atoms with Crippen molar-refractivity contribution < 1.29 is 9.59 Å². The highest BCUT2D eigenvalue weighted by atomic mass is 35.5. The Bertz CT molecular complexity index is 1080. The number of aromatic nitrogens is 1. The van der Waals surface area contributed by atoms with Crippen LogP contribution < -0.4 is 16.0 Å². The fourth-order valence-electron chi connectivity index (χ4n) is 3.11. The largest absolute Gasteiger partial charge is 0.348 e. The first-order chi connectivity index (χ1) is 14.8. The molecule has 0 aliphatic carbocycles. The van der Waals surface area contributed by atoms with Crippen LogP contribution in [0.1, 0.15) is 48.2 Å². The van der Waals surface area contributed by atoms with E-state index >= 15 is 0 Å². The van der Waals surface area contributed by atoms with Crippen molar-refractivity contribution in [1.29, 1.82) is 0 Å². The van der Waals surface area contributed by atoms with Crippen LogP contribution in [0.25, 0.3) is 0 Å². The van der Waals surface area contributed by atoms with Crippen LogP contribution in [0.15, 0.2) is 60.8 Å². The molecule has 0 radical (unpaired) electrons. The van der Waals surface area contributed by atoms with Crippen molar-refractivity contribution in [3.8, 4) is 0 Å². The molecule has 0 aliphatic heterocycles. The van der Waals surface area contributed by atoms with Gasteiger partial charge in [-0.15, -0.1) is 0 Å². The molecule has 2 aromatic carbocycles. The van der Waals surface area contributed by atoms with Crippen LogP contribution in [0.3, 0.4) is 0 Å². The summed E-state index contributed by atoms with van der Waals surface area (Å²) in [6.45, 7) is 5.91. The highest BCUT2D eigenvalue weighted by Crippen LogP contribution is 2.25. The molecule has 160 valence electrons. The molecule has 0 saturated heterocycles. The number of anilines is 3. The number of hydrogen-bond donors (Lipinski definition) is 3. The summed E-state index contributed by atoms with van der Waals surface area (Å²) in [7, 11) is 0. The summed E-state index contributed by atoms with van der Waals surface area (Å²) in [5, 5.41) is 9.52. The number of halogens is 1. The van der Waals surface area contributed by atoms with Gasteiger partial charge in [-0.2, -0.15) is 0 Å². The van der Waals surface area contributed by atoms with Gasteiger partial charge in [0.25, 0.3) is 5.91 Å². The van der Waals surface area contributed by atoms with Crippen molar-refractivity contribution in [2.45, 2.75) is 33.2 Å². The molecule has 0 unspecified atom stereocenters. The Morgan fingerprint density at radius 2 is 1.77 bits per heavy atom. The summed E-state index contributed by atoms with van der Waals surface area (Å²) in [6.07, 6.45) is 1.59. The summed E-state index contributed by atoms with van der Waals surface area (Å²) in [5.41, 5.74) is 3.92. The van der Waals surface area contributed by atoms with Crippen molar-refractivity contribution in [2.24, 2.45) is 0 Å². The van der Waals surface area contributed by atoms with E-state index in [2.05, 4.69) is 20.9 Å². The average Bonchev–Trinajstić information content (AvgIpc) is 2.72. The number of benzene rings is 2. The quantitative estimate of drug-likeness (QED) is 0.457. The molecule has 3 rings (SSSR count). The summed E-state index contributed by atoms with van der Waals surface area (Å²) < 4.78 is 0. The van der Waals surface area contributed by atoms with Gasteiger partial charge in [-0.3, -0.25) is 9.59 Å². The zero-order valence-electron chi connectivity index (χ0n) is 17.7. The molecule has 1 aromatic heterocycles. The lowest BCUT2D eigenvalue weighted by Gasteiger charge is -2.15. The first-order valence-corrected chi connectivity index (χ1v) is 10.4. The minimum absolute atomic E-state index is 0.122. The third-order valence-corrected chi connectivity index (χ3v) is 4.86. The fourth-order valence-corrected chi connectivity index (χ4v) is 3.30. The smallest absolute Gasteiger partial charge is 0.253 e. The Morgan fingerprint density at radius 3 is 2.42 bits per heavy atom. The number of rotatable bonds is 7. The zero-order chi connectivity index (χ0) is 22.4. The van der Waals surface area contributed by atoms with Crippen LogP contribution in [0, 0.1) is 0 Å². The molecule has 0 bridgehead atoms. The van der Waals surface area contributed by atoms with Crippen molar-refractivity contribution in [3.05, 3.63) is 82.5 Å². The van der Waals surface area contributed by atoms with Crippen LogP contribution in [-0.4, -0.2) is 16.8 Å². The van der Waals surface area contributed by atoms with Crippen molar-refractivity contribution in [3.63, 3.8) is 0 Å². The van der Waals surface area contributed by atoms with Crippen LogP contribution in [-0.2, 0) is 11.3 Å². The van der Waals surface area contributed by atoms with Crippen molar-refractivity contribution >= 4 is 40.6 Å². The SMILES string of the molecule is CC(=O)Nc1ccc(CNC(=O)c2cnc(Nc3cccc(Cl)c3)cc2C(C)C)cc1. The van der Waals surface area contributed by atoms with Crippen LogP contribution in [0.2, 0.25) is 5.02 Å². The first-order valence-electron chi connectivity index (χ1n) is 9.99. The summed E-state index contributed by atoms with van der Waals surface area (Å²) in [4.78, 5) is 28.3. The van der Waals surface area contributed by atoms with Gasteiger partial charge in [0.05, 0.1) is 5.56 Å². The van der Waals surface area contributed by atoms with E-state index in [0.717, 1.165) is 22.5 Å². The van der Waals surface area contributed by atoms with Gasteiger partial charge in [-0.1, -0.05) is 43.6 Å². The summed E-state index contributed by atoms with van der Waals surface area (Å²) in [5.74, 6) is 0.483. The molecule has 2 amide bonds. The molecule has 0 atom stereocenters. The number of carbonyl (C=O) groups excluding carboxylic acids is 2. The van der Waals surface area contributed by atoms with E-state index < -0.39 is 0 Å². The number of carbonyl (C=O) groups is 2. The number of amides is 2. The van der Waals surface area contributed by atoms with Gasteiger partial charge in [0, 0.05) is 36.1 Å². The van der Waals surface area contributed by atoms with Gasteiger partial charge in [-0.05, 0) is 53.4 Å². The first kappa shape index (κ1) is 22.3. The van der Waals surface area contributed by atoms with Crippen LogP contribution in [0.5, 0.6) is 0 Å². The average molecular weight is 437 g/mol. The predicted octanol–water partition coefficient (Wildman–Crippen LogP) is 5.49. The second-order valence-corrected chi connectivity index (χ2v) is 7.94. The molecule has 7 heteroatoms. The predicted molar refractivity (Wildman–Crippen MR) is 125 cm³/mol. The van der Waals surface area contributed by atoms with Gasteiger partial charge < -0.3 is 16.0 Å². The zero-order valence-corrected chi connectivity index (χ0v) is 18.5. The Labute approximate surface area is 187 Å². The number of pyridine rings is 1. The van der Waals surface area contributed by atoms with Gasteiger partial charge >= 0.3 is 0 Å². The maximum absolute atomic E-state index is 12.8. The molecule has 1 heterocycles. The van der Waals surface area contributed by atoms with Gasteiger partial charge in [-0.25, -0.2) is 4.98 Å². The van der Waals surface area contributed by atoms with Gasteiger partial charge in [0.2, 0.25) is 5.91 Å². The van der Waals surface area contributed by atoms with Crippen molar-refractivity contribution in [2.75, 3.05) is 10.6 Å². The normalized spacial score (nSPS) is 10.6. The van der Waals surface area contributed by atoms with E-state index in [4.69, 9.17) is 11.6 Å². The molecule has 3 N–H and O–H groups in total. The number of hydrogen-bond acceptors (Lipinski definition) is 4. The monoisotopic (exact) mass is 436 g/mol. The second kappa shape index (κ2) is 10.1. The maximum atomic E-state index is 12.8. The molecule has 0 spiro atoms. The molecular formula is C24H25ClN4O2. The van der Waals surface area contributed by atoms with E-state index in [1.807, 2.05) is 50.2 Å². The second-order valence-electron chi connectivity index (χ2n) is 7.51. The lowest BCUT2D eigenvalue weighted by molar-refractivity contribution is -0.114. The number of nitrogens with zero attached hydrogens (tertiary/aromatic N) is 1. The van der Waals surface area contributed by atoms with Gasteiger partial charge in [0.15, 0.2) is 0 Å². The summed E-state index contributed by atoms with van der Waals surface area (Å²) >= 11 is 6.04. The van der Waals surface area contributed by atoms with Crippen LogP contribution >= 0.6 is 11.6 Å². The van der Waals surface area contributed by atoms with Gasteiger partial charge in [0.1, 0.15) is 5.82 Å². The minimum atomic E-state index is -0.184. The highest BCUT2D eigenvalue weighted by molar-refractivity contribution is 6.30. The van der Waals surface area contributed by atoms with E-state index in [1.54, 1.807) is 24.4 Å². The Balaban J connectivity index is 1.70. The molecular weight excluding hydrogens is 412 g/mol. The van der Waals surface area contributed by atoms with E-state index in [0.29, 0.717) is 22.9 Å². The van der Waals surface area contributed by atoms with Crippen LogP contribution in [0.4, 0.5) is 17.2 Å². The minimum Gasteiger partial charge on any atom is -0.348 e.